The van der Waals surface area contributed by atoms with Crippen molar-refractivity contribution >= 4 is 23.2 Å². The van der Waals surface area contributed by atoms with Gasteiger partial charge in [-0.3, -0.25) is 4.79 Å². The molecule has 0 saturated heterocycles. The minimum Gasteiger partial charge on any atom is -0.387 e. The Morgan fingerprint density at radius 1 is 1.45 bits per heavy atom. The molecule has 1 heterocycles. The Balaban J connectivity index is 1.96. The maximum absolute atomic E-state index is 12.1. The van der Waals surface area contributed by atoms with Crippen LogP contribution in [-0.2, 0) is 6.42 Å². The number of rotatable bonds is 5. The molecule has 0 aliphatic carbocycles. The second-order valence-corrected chi connectivity index (χ2v) is 4.62. The van der Waals surface area contributed by atoms with Crippen molar-refractivity contribution in [1.82, 2.24) is 15.5 Å². The van der Waals surface area contributed by atoms with Crippen molar-refractivity contribution in [2.45, 2.75) is 13.3 Å². The smallest absolute Gasteiger partial charge is 0.253 e. The van der Waals surface area contributed by atoms with Gasteiger partial charge in [-0.05, 0) is 25.1 Å². The van der Waals surface area contributed by atoms with E-state index in [1.165, 1.54) is 0 Å². The number of carbonyl (C=O) groups excluding carboxylic acids is 1. The minimum atomic E-state index is -0.201. The molecule has 0 unspecified atom stereocenters. The van der Waals surface area contributed by atoms with Crippen LogP contribution in [0.2, 0.25) is 5.02 Å². The van der Waals surface area contributed by atoms with Gasteiger partial charge in [0.15, 0.2) is 5.82 Å². The molecule has 0 bridgehead atoms. The average molecular weight is 295 g/mol. The average Bonchev–Trinajstić information content (AvgIpc) is 2.84. The Kier molecular flexibility index (Phi) is 4.57. The highest BCUT2D eigenvalue weighted by atomic mass is 35.5. The number of nitrogens with zero attached hydrogens (tertiary/aromatic N) is 2. The van der Waals surface area contributed by atoms with Crippen molar-refractivity contribution in [3.63, 3.8) is 0 Å². The summed E-state index contributed by atoms with van der Waals surface area (Å²) in [5.74, 6) is 0.884. The van der Waals surface area contributed by atoms with E-state index < -0.39 is 0 Å². The molecule has 2 N–H and O–H groups in total. The third-order valence-electron chi connectivity index (χ3n) is 2.69. The van der Waals surface area contributed by atoms with Crippen molar-refractivity contribution in [2.75, 3.05) is 18.9 Å². The van der Waals surface area contributed by atoms with E-state index in [2.05, 4.69) is 20.8 Å². The summed E-state index contributed by atoms with van der Waals surface area (Å²) in [7, 11) is 1.75. The molecule has 106 valence electrons. The zero-order valence-electron chi connectivity index (χ0n) is 11.2. The summed E-state index contributed by atoms with van der Waals surface area (Å²) in [6, 6.07) is 5.11. The predicted molar refractivity (Wildman–Crippen MR) is 76.1 cm³/mol. The lowest BCUT2D eigenvalue weighted by atomic mass is 10.1. The quantitative estimate of drug-likeness (QED) is 0.882. The Morgan fingerprint density at radius 2 is 2.25 bits per heavy atom. The van der Waals surface area contributed by atoms with Crippen molar-refractivity contribution in [3.05, 3.63) is 40.5 Å². The van der Waals surface area contributed by atoms with Crippen LogP contribution in [0.3, 0.4) is 0 Å². The molecule has 0 radical (unpaired) electrons. The number of nitrogens with one attached hydrogen (secondary N) is 2. The Bertz CT molecular complexity index is 612. The molecule has 7 heteroatoms. The van der Waals surface area contributed by atoms with Gasteiger partial charge in [0.25, 0.3) is 5.91 Å². The van der Waals surface area contributed by atoms with Gasteiger partial charge < -0.3 is 15.2 Å². The first-order chi connectivity index (χ1) is 9.60. The number of amides is 1. The molecular weight excluding hydrogens is 280 g/mol. The van der Waals surface area contributed by atoms with Crippen LogP contribution in [-0.4, -0.2) is 29.6 Å². The van der Waals surface area contributed by atoms with Crippen molar-refractivity contribution in [1.29, 1.82) is 0 Å². The van der Waals surface area contributed by atoms with E-state index in [0.717, 1.165) is 5.69 Å². The topological polar surface area (TPSA) is 80.0 Å². The van der Waals surface area contributed by atoms with Gasteiger partial charge in [-0.1, -0.05) is 16.8 Å². The summed E-state index contributed by atoms with van der Waals surface area (Å²) in [6.45, 7) is 2.16. The maximum Gasteiger partial charge on any atom is 0.253 e. The van der Waals surface area contributed by atoms with E-state index in [1.54, 1.807) is 32.2 Å². The molecule has 1 aromatic carbocycles. The van der Waals surface area contributed by atoms with Crippen LogP contribution in [0.4, 0.5) is 5.69 Å². The lowest BCUT2D eigenvalue weighted by Crippen LogP contribution is -2.26. The number of hydrogen-bond donors (Lipinski definition) is 2. The molecule has 0 fully saturated rings. The number of aromatic nitrogens is 2. The summed E-state index contributed by atoms with van der Waals surface area (Å²) in [5, 5.41) is 9.95. The van der Waals surface area contributed by atoms with Gasteiger partial charge in [-0.15, -0.1) is 0 Å². The highest BCUT2D eigenvalue weighted by molar-refractivity contribution is 6.31. The number of aryl methyl sites for hydroxylation is 1. The number of halogens is 1. The van der Waals surface area contributed by atoms with Crippen LogP contribution in [0, 0.1) is 6.92 Å². The molecular formula is C13H15ClN4O2. The highest BCUT2D eigenvalue weighted by Crippen LogP contribution is 2.20. The Hall–Kier alpha value is -2.08. The largest absolute Gasteiger partial charge is 0.387 e. The zero-order chi connectivity index (χ0) is 14.5. The van der Waals surface area contributed by atoms with Crippen LogP contribution < -0.4 is 10.6 Å². The number of anilines is 1. The van der Waals surface area contributed by atoms with E-state index >= 15 is 0 Å². The van der Waals surface area contributed by atoms with Crippen molar-refractivity contribution < 1.29 is 9.32 Å². The van der Waals surface area contributed by atoms with Crippen LogP contribution in [0.15, 0.2) is 22.7 Å². The first-order valence-electron chi connectivity index (χ1n) is 6.15. The second-order valence-electron chi connectivity index (χ2n) is 4.18. The minimum absolute atomic E-state index is 0.201. The van der Waals surface area contributed by atoms with Gasteiger partial charge in [0, 0.05) is 30.7 Å². The van der Waals surface area contributed by atoms with Gasteiger partial charge in [0.05, 0.1) is 5.56 Å². The van der Waals surface area contributed by atoms with E-state index in [-0.39, 0.29) is 5.91 Å². The summed E-state index contributed by atoms with van der Waals surface area (Å²) >= 11 is 5.91. The molecule has 2 aromatic rings. The van der Waals surface area contributed by atoms with Crippen LogP contribution in [0.1, 0.15) is 22.1 Å². The summed E-state index contributed by atoms with van der Waals surface area (Å²) < 4.78 is 4.97. The van der Waals surface area contributed by atoms with Crippen LogP contribution >= 0.6 is 11.6 Å². The van der Waals surface area contributed by atoms with Gasteiger partial charge in [-0.25, -0.2) is 0 Å². The highest BCUT2D eigenvalue weighted by Gasteiger charge is 2.11. The van der Waals surface area contributed by atoms with Gasteiger partial charge in [-0.2, -0.15) is 4.98 Å². The Morgan fingerprint density at radius 3 is 2.90 bits per heavy atom. The summed E-state index contributed by atoms with van der Waals surface area (Å²) in [6.07, 6.45) is 0.488. The monoisotopic (exact) mass is 294 g/mol. The fraction of sp³-hybridized carbons (Fsp3) is 0.308. The van der Waals surface area contributed by atoms with Crippen molar-refractivity contribution in [2.24, 2.45) is 0 Å². The lowest BCUT2D eigenvalue weighted by molar-refractivity contribution is 0.0954. The fourth-order valence-corrected chi connectivity index (χ4v) is 1.91. The van der Waals surface area contributed by atoms with Gasteiger partial charge in [0.2, 0.25) is 5.89 Å². The normalized spacial score (nSPS) is 10.3. The second kappa shape index (κ2) is 6.38. The van der Waals surface area contributed by atoms with Crippen LogP contribution in [0.25, 0.3) is 0 Å². The molecule has 1 aromatic heterocycles. The van der Waals surface area contributed by atoms with E-state index in [9.17, 15) is 4.79 Å². The molecule has 1 amide bonds. The third-order valence-corrected chi connectivity index (χ3v) is 2.92. The molecule has 0 aliphatic heterocycles. The molecule has 0 spiro atoms. The van der Waals surface area contributed by atoms with Gasteiger partial charge >= 0.3 is 0 Å². The molecule has 0 aliphatic rings. The summed E-state index contributed by atoms with van der Waals surface area (Å²) in [5.41, 5.74) is 1.22. The van der Waals surface area contributed by atoms with E-state index in [0.29, 0.717) is 35.3 Å². The zero-order valence-corrected chi connectivity index (χ0v) is 12.0. The maximum atomic E-state index is 12.1. The molecule has 0 saturated carbocycles. The number of hydrogen-bond acceptors (Lipinski definition) is 5. The summed E-state index contributed by atoms with van der Waals surface area (Å²) in [4.78, 5) is 16.2. The molecule has 6 nitrogen and oxygen atoms in total. The Labute approximate surface area is 121 Å². The number of benzene rings is 1. The molecule has 2 rings (SSSR count). The lowest BCUT2D eigenvalue weighted by Gasteiger charge is -2.09. The van der Waals surface area contributed by atoms with Crippen molar-refractivity contribution in [3.8, 4) is 0 Å². The molecule has 0 atom stereocenters. The van der Waals surface area contributed by atoms with Crippen LogP contribution in [0.5, 0.6) is 0 Å². The first kappa shape index (κ1) is 14.3. The molecule has 20 heavy (non-hydrogen) atoms. The van der Waals surface area contributed by atoms with E-state index in [1.807, 2.05) is 0 Å². The SMILES string of the molecule is CNc1ccc(Cl)cc1C(=O)NCCc1nc(C)no1. The van der Waals surface area contributed by atoms with Gasteiger partial charge in [0.1, 0.15) is 0 Å². The number of carbonyl (C=O) groups is 1. The van der Waals surface area contributed by atoms with E-state index in [4.69, 9.17) is 16.1 Å². The first-order valence-corrected chi connectivity index (χ1v) is 6.52. The third kappa shape index (κ3) is 3.48. The predicted octanol–water partition coefficient (Wildman–Crippen LogP) is 2.05. The standard InChI is InChI=1S/C13H15ClN4O2/c1-8-17-12(20-18-8)5-6-16-13(19)10-7-9(14)3-4-11(10)15-2/h3-4,7,15H,5-6H2,1-2H3,(H,16,19). The fourth-order valence-electron chi connectivity index (χ4n) is 1.74.